The number of ether oxygens (including phenoxy) is 1. The summed E-state index contributed by atoms with van der Waals surface area (Å²) in [4.78, 5) is 0. The summed E-state index contributed by atoms with van der Waals surface area (Å²) in [5, 5.41) is 0. The predicted octanol–water partition coefficient (Wildman–Crippen LogP) is 2.97. The Morgan fingerprint density at radius 1 is 1.29 bits per heavy atom. The second kappa shape index (κ2) is 5.27. The van der Waals surface area contributed by atoms with Crippen LogP contribution in [0.5, 0.6) is 5.75 Å². The van der Waals surface area contributed by atoms with Gasteiger partial charge in [-0.1, -0.05) is 32.0 Å². The van der Waals surface area contributed by atoms with E-state index < -0.39 is 14.5 Å². The normalized spacial score (nSPS) is 12.5. The van der Waals surface area contributed by atoms with E-state index in [1.54, 1.807) is 0 Å². The van der Waals surface area contributed by atoms with Crippen LogP contribution in [0.3, 0.4) is 0 Å². The minimum atomic E-state index is -3.50. The van der Waals surface area contributed by atoms with Crippen LogP contribution >= 0.6 is 10.7 Å². The summed E-state index contributed by atoms with van der Waals surface area (Å²) in [6.45, 7) is 5.88. The first kappa shape index (κ1) is 14.3. The van der Waals surface area contributed by atoms with E-state index >= 15 is 0 Å². The highest BCUT2D eigenvalue weighted by Gasteiger charge is 2.26. The summed E-state index contributed by atoms with van der Waals surface area (Å²) in [6, 6.07) is 7.62. The van der Waals surface area contributed by atoms with Crippen LogP contribution < -0.4 is 4.74 Å². The lowest BCUT2D eigenvalue weighted by molar-refractivity contribution is 0.199. The molecule has 1 aromatic carbocycles. The first-order valence-corrected chi connectivity index (χ1v) is 7.78. The summed E-state index contributed by atoms with van der Waals surface area (Å²) in [6.07, 6.45) is 0. The summed E-state index contributed by atoms with van der Waals surface area (Å²) in [7, 11) is 1.74. The third kappa shape index (κ3) is 5.41. The van der Waals surface area contributed by atoms with E-state index in [4.69, 9.17) is 15.4 Å². The van der Waals surface area contributed by atoms with Gasteiger partial charge in [0.15, 0.2) is 0 Å². The van der Waals surface area contributed by atoms with Crippen molar-refractivity contribution in [1.82, 2.24) is 0 Å². The monoisotopic (exact) mass is 276 g/mol. The minimum absolute atomic E-state index is 0.104. The molecule has 1 rings (SSSR count). The zero-order valence-corrected chi connectivity index (χ0v) is 11.8. The van der Waals surface area contributed by atoms with Gasteiger partial charge in [-0.3, -0.25) is 0 Å². The van der Waals surface area contributed by atoms with Crippen molar-refractivity contribution in [2.75, 3.05) is 12.4 Å². The van der Waals surface area contributed by atoms with Gasteiger partial charge >= 0.3 is 0 Å². The first-order chi connectivity index (χ1) is 7.70. The van der Waals surface area contributed by atoms with Gasteiger partial charge in [0.2, 0.25) is 9.05 Å². The molecule has 0 amide bonds. The predicted molar refractivity (Wildman–Crippen MR) is 70.1 cm³/mol. The molecule has 0 unspecified atom stereocenters. The molecule has 0 saturated carbocycles. The van der Waals surface area contributed by atoms with Crippen LogP contribution in [0.15, 0.2) is 24.3 Å². The fraction of sp³-hybridized carbons (Fsp3) is 0.500. The van der Waals surface area contributed by atoms with Crippen molar-refractivity contribution in [3.05, 3.63) is 29.8 Å². The number of para-hydroxylation sites is 1. The maximum Gasteiger partial charge on any atom is 0.233 e. The fourth-order valence-electron chi connectivity index (χ4n) is 1.50. The molecule has 3 nitrogen and oxygen atoms in total. The third-order valence-electron chi connectivity index (χ3n) is 2.28. The number of halogens is 1. The van der Waals surface area contributed by atoms with Crippen molar-refractivity contribution in [2.45, 2.75) is 20.8 Å². The van der Waals surface area contributed by atoms with Crippen LogP contribution in [0.1, 0.15) is 19.4 Å². The van der Waals surface area contributed by atoms with E-state index in [2.05, 4.69) is 0 Å². The number of benzene rings is 1. The molecule has 17 heavy (non-hydrogen) atoms. The highest BCUT2D eigenvalue weighted by atomic mass is 35.7. The van der Waals surface area contributed by atoms with E-state index in [9.17, 15) is 8.42 Å². The number of aryl methyl sites for hydroxylation is 1. The van der Waals surface area contributed by atoms with Gasteiger partial charge in [0, 0.05) is 16.1 Å². The van der Waals surface area contributed by atoms with Gasteiger partial charge in [0.1, 0.15) is 5.75 Å². The van der Waals surface area contributed by atoms with E-state index in [0.717, 1.165) is 11.3 Å². The molecule has 0 heterocycles. The standard InChI is InChI=1S/C12H17ClO3S/c1-10-6-4-5-7-11(10)16-8-12(2,3)9-17(13,14)15/h4-7H,8-9H2,1-3H3. The minimum Gasteiger partial charge on any atom is -0.493 e. The summed E-state index contributed by atoms with van der Waals surface area (Å²) in [5.74, 6) is 0.667. The smallest absolute Gasteiger partial charge is 0.233 e. The Bertz CT molecular complexity index is 480. The molecule has 0 aliphatic heterocycles. The number of hydrogen-bond donors (Lipinski definition) is 0. The maximum atomic E-state index is 11.0. The van der Waals surface area contributed by atoms with Crippen molar-refractivity contribution < 1.29 is 13.2 Å². The molecule has 0 fully saturated rings. The molecule has 0 aromatic heterocycles. The molecule has 1 aromatic rings. The average Bonchev–Trinajstić information content (AvgIpc) is 2.13. The van der Waals surface area contributed by atoms with Crippen LogP contribution in [0.4, 0.5) is 0 Å². The fourth-order valence-corrected chi connectivity index (χ4v) is 3.40. The topological polar surface area (TPSA) is 43.4 Å². The van der Waals surface area contributed by atoms with Gasteiger partial charge in [0.25, 0.3) is 0 Å². The Morgan fingerprint density at radius 3 is 2.41 bits per heavy atom. The molecular formula is C12H17ClO3S. The van der Waals surface area contributed by atoms with Crippen molar-refractivity contribution in [1.29, 1.82) is 0 Å². The average molecular weight is 277 g/mol. The Hall–Kier alpha value is -0.740. The van der Waals surface area contributed by atoms with Gasteiger partial charge in [-0.2, -0.15) is 0 Å². The van der Waals surface area contributed by atoms with Gasteiger partial charge in [-0.15, -0.1) is 0 Å². The second-order valence-electron chi connectivity index (χ2n) is 4.90. The zero-order valence-electron chi connectivity index (χ0n) is 10.2. The van der Waals surface area contributed by atoms with E-state index in [-0.39, 0.29) is 5.75 Å². The highest BCUT2D eigenvalue weighted by molar-refractivity contribution is 8.13. The Balaban J connectivity index is 2.65. The molecule has 0 radical (unpaired) electrons. The van der Waals surface area contributed by atoms with Gasteiger partial charge in [0.05, 0.1) is 12.4 Å². The lowest BCUT2D eigenvalue weighted by Crippen LogP contribution is -2.28. The van der Waals surface area contributed by atoms with Crippen LogP contribution in [-0.4, -0.2) is 20.8 Å². The molecular weight excluding hydrogens is 260 g/mol. The molecule has 0 bridgehead atoms. The summed E-state index contributed by atoms with van der Waals surface area (Å²) >= 11 is 0. The SMILES string of the molecule is Cc1ccccc1OCC(C)(C)CS(=O)(=O)Cl. The molecule has 0 aliphatic carbocycles. The van der Waals surface area contributed by atoms with Crippen molar-refractivity contribution >= 4 is 19.7 Å². The number of hydrogen-bond acceptors (Lipinski definition) is 3. The van der Waals surface area contributed by atoms with E-state index in [1.807, 2.05) is 45.0 Å². The molecule has 0 spiro atoms. The van der Waals surface area contributed by atoms with Crippen LogP contribution in [-0.2, 0) is 9.05 Å². The Morgan fingerprint density at radius 2 is 1.88 bits per heavy atom. The van der Waals surface area contributed by atoms with E-state index in [1.165, 1.54) is 0 Å². The van der Waals surface area contributed by atoms with Gasteiger partial charge < -0.3 is 4.74 Å². The third-order valence-corrected chi connectivity index (χ3v) is 3.73. The molecule has 96 valence electrons. The summed E-state index contributed by atoms with van der Waals surface area (Å²) in [5.41, 5.74) is 0.514. The molecule has 5 heteroatoms. The quantitative estimate of drug-likeness (QED) is 0.777. The lowest BCUT2D eigenvalue weighted by Gasteiger charge is -2.23. The highest BCUT2D eigenvalue weighted by Crippen LogP contribution is 2.23. The van der Waals surface area contributed by atoms with E-state index in [0.29, 0.717) is 6.61 Å². The van der Waals surface area contributed by atoms with Crippen molar-refractivity contribution in [3.8, 4) is 5.75 Å². The largest absolute Gasteiger partial charge is 0.493 e. The Labute approximate surface area is 107 Å². The van der Waals surface area contributed by atoms with Crippen molar-refractivity contribution in [2.24, 2.45) is 5.41 Å². The van der Waals surface area contributed by atoms with Gasteiger partial charge in [-0.25, -0.2) is 8.42 Å². The Kier molecular flexibility index (Phi) is 4.44. The van der Waals surface area contributed by atoms with Crippen LogP contribution in [0.2, 0.25) is 0 Å². The molecule has 0 aliphatic rings. The molecule has 0 atom stereocenters. The van der Waals surface area contributed by atoms with Crippen LogP contribution in [0, 0.1) is 12.3 Å². The molecule has 0 saturated heterocycles. The lowest BCUT2D eigenvalue weighted by atomic mass is 9.98. The number of rotatable bonds is 5. The first-order valence-electron chi connectivity index (χ1n) is 5.30. The van der Waals surface area contributed by atoms with Crippen molar-refractivity contribution in [3.63, 3.8) is 0 Å². The second-order valence-corrected chi connectivity index (χ2v) is 7.68. The summed E-state index contributed by atoms with van der Waals surface area (Å²) < 4.78 is 27.7. The molecule has 0 N–H and O–H groups in total. The van der Waals surface area contributed by atoms with Crippen LogP contribution in [0.25, 0.3) is 0 Å². The maximum absolute atomic E-state index is 11.0. The van der Waals surface area contributed by atoms with Gasteiger partial charge in [-0.05, 0) is 18.6 Å². The zero-order chi connectivity index (χ0) is 13.1.